The monoisotopic (exact) mass is 720 g/mol. The average molecular weight is 722 g/mol. The number of esters is 1. The molecule has 4 aromatic carbocycles. The van der Waals surface area contributed by atoms with Crippen LogP contribution in [0.4, 0.5) is 0 Å². The van der Waals surface area contributed by atoms with Gasteiger partial charge in [-0.2, -0.15) is 0 Å². The number of aliphatic hydroxyl groups is 1. The number of rotatable bonds is 22. The lowest BCUT2D eigenvalue weighted by atomic mass is 10.1. The highest BCUT2D eigenvalue weighted by Gasteiger charge is 2.14. The summed E-state index contributed by atoms with van der Waals surface area (Å²) in [4.78, 5) is 12.3. The Morgan fingerprint density at radius 3 is 2.06 bits per heavy atom. The third-order valence-electron chi connectivity index (χ3n) is 7.94. The van der Waals surface area contributed by atoms with E-state index in [0.717, 1.165) is 34.2 Å². The van der Waals surface area contributed by atoms with Gasteiger partial charge in [-0.3, -0.25) is 0 Å². The molecule has 0 amide bonds. The predicted molar refractivity (Wildman–Crippen MR) is 194 cm³/mol. The van der Waals surface area contributed by atoms with Crippen LogP contribution < -0.4 is 14.2 Å². The van der Waals surface area contributed by atoms with Crippen molar-refractivity contribution in [1.29, 1.82) is 0 Å². The van der Waals surface area contributed by atoms with E-state index in [1.807, 2.05) is 24.3 Å². The van der Waals surface area contributed by atoms with Crippen LogP contribution in [0.2, 0.25) is 0 Å². The summed E-state index contributed by atoms with van der Waals surface area (Å²) in [5.41, 5.74) is 2.95. The zero-order chi connectivity index (χ0) is 34.0. The van der Waals surface area contributed by atoms with Gasteiger partial charge in [0.2, 0.25) is 0 Å². The van der Waals surface area contributed by atoms with Crippen molar-refractivity contribution in [2.45, 2.75) is 85.0 Å². The molecular weight excluding hydrogens is 672 g/mol. The van der Waals surface area contributed by atoms with E-state index in [1.165, 1.54) is 49.3 Å². The molecule has 258 valence electrons. The minimum atomic E-state index is -0.461. The Labute approximate surface area is 293 Å². The predicted octanol–water partition coefficient (Wildman–Crippen LogP) is 9.97. The maximum absolute atomic E-state index is 12.3. The van der Waals surface area contributed by atoms with Crippen LogP contribution in [0.1, 0.15) is 92.3 Å². The molecule has 0 aliphatic rings. The van der Waals surface area contributed by atoms with Crippen LogP contribution in [0, 0.1) is 0 Å². The number of carbonyl (C=O) groups is 1. The van der Waals surface area contributed by atoms with Gasteiger partial charge < -0.3 is 28.8 Å². The third-order valence-corrected chi connectivity index (χ3v) is 8.72. The molecule has 48 heavy (non-hydrogen) atoms. The molecule has 0 heterocycles. The number of carbonyl (C=O) groups excluding carboxylic acids is 1. The molecule has 0 saturated carbocycles. The second-order valence-corrected chi connectivity index (χ2v) is 12.6. The van der Waals surface area contributed by atoms with Crippen molar-refractivity contribution < 1.29 is 33.6 Å². The Morgan fingerprint density at radius 2 is 1.33 bits per heavy atom. The second kappa shape index (κ2) is 20.7. The number of aliphatic hydroxyl groups excluding tert-OH is 1. The Bertz CT molecular complexity index is 1570. The standard InChI is InChI=1S/C40H49BrO7/c1-3-5-6-7-8-9-10-13-18-47-37-24-32(29-44-28-30-16-17-33-14-11-12-15-34(33)21-30)25-38(39(37)41)48-20-19-46-36-23-31(27-42)22-35(26-36)40(43)45-4-2/h11-12,14-17,21-26,42H,3-10,13,18-20,27-29H2,1-2H3. The molecule has 0 aromatic heterocycles. The van der Waals surface area contributed by atoms with E-state index in [2.05, 4.69) is 53.2 Å². The van der Waals surface area contributed by atoms with Gasteiger partial charge in [0.15, 0.2) is 0 Å². The van der Waals surface area contributed by atoms with Crippen LogP contribution in [0.5, 0.6) is 17.2 Å². The summed E-state index contributed by atoms with van der Waals surface area (Å²) in [6, 6.07) is 23.6. The van der Waals surface area contributed by atoms with Gasteiger partial charge in [-0.25, -0.2) is 4.79 Å². The molecule has 0 fully saturated rings. The van der Waals surface area contributed by atoms with Crippen LogP contribution in [0.15, 0.2) is 77.3 Å². The van der Waals surface area contributed by atoms with Crippen LogP contribution in [0.3, 0.4) is 0 Å². The first kappa shape index (κ1) is 37.2. The van der Waals surface area contributed by atoms with Crippen LogP contribution >= 0.6 is 15.9 Å². The minimum absolute atomic E-state index is 0.218. The van der Waals surface area contributed by atoms with Crippen molar-refractivity contribution in [1.82, 2.24) is 0 Å². The largest absolute Gasteiger partial charge is 0.492 e. The van der Waals surface area contributed by atoms with Crippen molar-refractivity contribution in [3.63, 3.8) is 0 Å². The fraction of sp³-hybridized carbons (Fsp3) is 0.425. The van der Waals surface area contributed by atoms with Crippen molar-refractivity contribution in [3.8, 4) is 17.2 Å². The van der Waals surface area contributed by atoms with E-state index in [4.69, 9.17) is 23.7 Å². The number of unbranched alkanes of at least 4 members (excludes halogenated alkanes) is 7. The minimum Gasteiger partial charge on any atom is -0.492 e. The summed E-state index contributed by atoms with van der Waals surface area (Å²) >= 11 is 3.71. The lowest BCUT2D eigenvalue weighted by Crippen LogP contribution is -2.11. The maximum atomic E-state index is 12.3. The van der Waals surface area contributed by atoms with Crippen molar-refractivity contribution >= 4 is 32.7 Å². The van der Waals surface area contributed by atoms with Crippen molar-refractivity contribution in [2.75, 3.05) is 26.4 Å². The topological polar surface area (TPSA) is 83.5 Å². The van der Waals surface area contributed by atoms with Gasteiger partial charge in [-0.1, -0.05) is 88.3 Å². The van der Waals surface area contributed by atoms with Crippen LogP contribution in [0.25, 0.3) is 10.8 Å². The number of fused-ring (bicyclic) bond motifs is 1. The first-order valence-electron chi connectivity index (χ1n) is 17.2. The summed E-state index contributed by atoms with van der Waals surface area (Å²) in [7, 11) is 0. The number of hydrogen-bond donors (Lipinski definition) is 1. The fourth-order valence-electron chi connectivity index (χ4n) is 5.43. The fourth-order valence-corrected chi connectivity index (χ4v) is 5.89. The molecule has 0 spiro atoms. The zero-order valence-electron chi connectivity index (χ0n) is 28.3. The van der Waals surface area contributed by atoms with Gasteiger partial charge in [0.25, 0.3) is 0 Å². The highest BCUT2D eigenvalue weighted by molar-refractivity contribution is 9.10. The van der Waals surface area contributed by atoms with E-state index in [1.54, 1.807) is 25.1 Å². The van der Waals surface area contributed by atoms with Crippen molar-refractivity contribution in [2.24, 2.45) is 0 Å². The maximum Gasteiger partial charge on any atom is 0.338 e. The molecule has 0 aliphatic heterocycles. The molecule has 0 bridgehead atoms. The Morgan fingerprint density at radius 1 is 0.667 bits per heavy atom. The SMILES string of the molecule is CCCCCCCCCCOc1cc(COCc2ccc3ccccc3c2)cc(OCCOc2cc(CO)cc(C(=O)OCC)c2)c1Br. The molecule has 7 nitrogen and oxygen atoms in total. The third kappa shape index (κ3) is 12.1. The Balaban J connectivity index is 1.36. The van der Waals surface area contributed by atoms with E-state index < -0.39 is 5.97 Å². The average Bonchev–Trinajstić information content (AvgIpc) is 3.10. The molecule has 8 heteroatoms. The molecule has 0 aliphatic carbocycles. The quantitative estimate of drug-likeness (QED) is 0.0639. The summed E-state index contributed by atoms with van der Waals surface area (Å²) in [5.74, 6) is 1.34. The second-order valence-electron chi connectivity index (χ2n) is 11.8. The number of hydrogen-bond acceptors (Lipinski definition) is 7. The van der Waals surface area contributed by atoms with Crippen molar-refractivity contribution in [3.05, 3.63) is 99.5 Å². The molecular formula is C40H49BrO7. The number of ether oxygens (including phenoxy) is 5. The lowest BCUT2D eigenvalue weighted by Gasteiger charge is -2.16. The Hall–Kier alpha value is -3.59. The normalized spacial score (nSPS) is 11.1. The van der Waals surface area contributed by atoms with Crippen LogP contribution in [-0.4, -0.2) is 37.5 Å². The smallest absolute Gasteiger partial charge is 0.338 e. The summed E-state index contributed by atoms with van der Waals surface area (Å²) < 4.78 is 30.3. The first-order valence-corrected chi connectivity index (χ1v) is 18.0. The van der Waals surface area contributed by atoms with E-state index >= 15 is 0 Å². The van der Waals surface area contributed by atoms with E-state index in [0.29, 0.717) is 42.4 Å². The van der Waals surface area contributed by atoms with E-state index in [9.17, 15) is 9.90 Å². The summed E-state index contributed by atoms with van der Waals surface area (Å²) in [6.07, 6.45) is 9.88. The van der Waals surface area contributed by atoms with E-state index in [-0.39, 0.29) is 26.4 Å². The van der Waals surface area contributed by atoms with Crippen LogP contribution in [-0.2, 0) is 29.3 Å². The molecule has 1 N–H and O–H groups in total. The van der Waals surface area contributed by atoms with Gasteiger partial charge in [-0.15, -0.1) is 0 Å². The molecule has 0 atom stereocenters. The lowest BCUT2D eigenvalue weighted by molar-refractivity contribution is 0.0525. The Kier molecular flexibility index (Phi) is 16.1. The molecule has 0 radical (unpaired) electrons. The highest BCUT2D eigenvalue weighted by atomic mass is 79.9. The number of benzene rings is 4. The molecule has 0 saturated heterocycles. The molecule has 4 rings (SSSR count). The number of halogens is 1. The highest BCUT2D eigenvalue weighted by Crippen LogP contribution is 2.37. The van der Waals surface area contributed by atoms with Gasteiger partial charge in [0, 0.05) is 0 Å². The summed E-state index contributed by atoms with van der Waals surface area (Å²) in [5, 5.41) is 12.1. The molecule has 4 aromatic rings. The van der Waals surface area contributed by atoms with Gasteiger partial charge in [0.05, 0.1) is 38.6 Å². The zero-order valence-corrected chi connectivity index (χ0v) is 29.9. The van der Waals surface area contributed by atoms with Gasteiger partial charge in [0.1, 0.15) is 34.9 Å². The first-order chi connectivity index (χ1) is 23.5. The van der Waals surface area contributed by atoms with Gasteiger partial charge in [-0.05, 0) is 93.1 Å². The molecule has 0 unspecified atom stereocenters. The summed E-state index contributed by atoms with van der Waals surface area (Å²) in [6.45, 7) is 6.02. The van der Waals surface area contributed by atoms with Gasteiger partial charge >= 0.3 is 5.97 Å².